The summed E-state index contributed by atoms with van der Waals surface area (Å²) >= 11 is 0. The molecule has 9 heteroatoms. The standard InChI is InChI=1S/C34H46N4O5/c1-22(35-2)32(39)37-31(24-12-5-4-6-13-24)34(41)38-21-27(43-26-16-10-15-25(19-26)42-3)20-30(38)33(40)36-29-18-9-14-23-11-7-8-17-28(23)29/h7-8,10-11,15-17,19,22,24,27,29-31,35H,4-6,9,12-14,18,20-21H2,1-3H3,(H,36,40)(H,37,39)/t22-,27?,29-,30-,31-/m0/s1. The van der Waals surface area contributed by atoms with E-state index in [1.165, 1.54) is 5.56 Å². The van der Waals surface area contributed by atoms with Gasteiger partial charge in [0.25, 0.3) is 0 Å². The van der Waals surface area contributed by atoms with Crippen molar-refractivity contribution in [1.82, 2.24) is 20.9 Å². The minimum atomic E-state index is -0.707. The predicted octanol–water partition coefficient (Wildman–Crippen LogP) is 3.91. The number of ether oxygens (including phenoxy) is 2. The van der Waals surface area contributed by atoms with Gasteiger partial charge in [0.1, 0.15) is 29.7 Å². The number of benzene rings is 2. The molecule has 3 N–H and O–H groups in total. The Morgan fingerprint density at radius 3 is 2.49 bits per heavy atom. The van der Waals surface area contributed by atoms with E-state index in [-0.39, 0.29) is 42.3 Å². The van der Waals surface area contributed by atoms with Gasteiger partial charge in [0.05, 0.1) is 25.7 Å². The molecule has 43 heavy (non-hydrogen) atoms. The van der Waals surface area contributed by atoms with Gasteiger partial charge in [-0.2, -0.15) is 0 Å². The Hall–Kier alpha value is -3.59. The second-order valence-corrected chi connectivity index (χ2v) is 12.2. The number of methoxy groups -OCH3 is 1. The normalized spacial score (nSPS) is 23.5. The van der Waals surface area contributed by atoms with Crippen molar-refractivity contribution >= 4 is 17.7 Å². The fraction of sp³-hybridized carbons (Fsp3) is 0.559. The lowest BCUT2D eigenvalue weighted by Gasteiger charge is -2.35. The molecule has 2 aromatic rings. The predicted molar refractivity (Wildman–Crippen MR) is 165 cm³/mol. The Labute approximate surface area is 255 Å². The third-order valence-electron chi connectivity index (χ3n) is 9.39. The number of likely N-dealkylation sites (tertiary alicyclic amines) is 1. The van der Waals surface area contributed by atoms with Crippen LogP contribution in [0.1, 0.15) is 75.5 Å². The average Bonchev–Trinajstić information content (AvgIpc) is 3.47. The van der Waals surface area contributed by atoms with Gasteiger partial charge in [0, 0.05) is 12.5 Å². The summed E-state index contributed by atoms with van der Waals surface area (Å²) in [5, 5.41) is 9.33. The largest absolute Gasteiger partial charge is 0.497 e. The van der Waals surface area contributed by atoms with E-state index in [0.29, 0.717) is 17.9 Å². The fourth-order valence-electron chi connectivity index (χ4n) is 6.85. The maximum absolute atomic E-state index is 14.4. The molecule has 5 atom stereocenters. The van der Waals surface area contributed by atoms with Crippen LogP contribution in [0.25, 0.3) is 0 Å². The number of rotatable bonds is 10. The molecule has 0 spiro atoms. The molecular formula is C34H46N4O5. The molecule has 0 bridgehead atoms. The number of fused-ring (bicyclic) bond motifs is 1. The Morgan fingerprint density at radius 2 is 1.72 bits per heavy atom. The number of hydrogen-bond donors (Lipinski definition) is 3. The highest BCUT2D eigenvalue weighted by atomic mass is 16.5. The fourth-order valence-corrected chi connectivity index (χ4v) is 6.85. The van der Waals surface area contributed by atoms with Crippen LogP contribution in [-0.4, -0.2) is 67.6 Å². The number of amides is 3. The highest BCUT2D eigenvalue weighted by Gasteiger charge is 2.45. The second kappa shape index (κ2) is 14.3. The zero-order valence-corrected chi connectivity index (χ0v) is 25.6. The summed E-state index contributed by atoms with van der Waals surface area (Å²) in [7, 11) is 3.33. The number of nitrogens with zero attached hydrogens (tertiary/aromatic N) is 1. The first-order valence-electron chi connectivity index (χ1n) is 15.8. The van der Waals surface area contributed by atoms with E-state index in [1.54, 1.807) is 26.0 Å². The van der Waals surface area contributed by atoms with Gasteiger partial charge in [0.2, 0.25) is 17.7 Å². The third-order valence-corrected chi connectivity index (χ3v) is 9.39. The molecule has 0 radical (unpaired) electrons. The van der Waals surface area contributed by atoms with Crippen molar-refractivity contribution in [3.05, 3.63) is 59.7 Å². The van der Waals surface area contributed by atoms with Gasteiger partial charge in [-0.15, -0.1) is 0 Å². The van der Waals surface area contributed by atoms with Gasteiger partial charge < -0.3 is 30.3 Å². The molecule has 2 aliphatic carbocycles. The lowest BCUT2D eigenvalue weighted by atomic mass is 9.83. The zero-order chi connectivity index (χ0) is 30.3. The summed E-state index contributed by atoms with van der Waals surface area (Å²) < 4.78 is 11.7. The van der Waals surface area contributed by atoms with Crippen molar-refractivity contribution in [2.75, 3.05) is 20.7 Å². The molecule has 1 heterocycles. The molecule has 1 saturated heterocycles. The van der Waals surface area contributed by atoms with Gasteiger partial charge >= 0.3 is 0 Å². The highest BCUT2D eigenvalue weighted by Crippen LogP contribution is 2.33. The summed E-state index contributed by atoms with van der Waals surface area (Å²) in [4.78, 5) is 43.2. The first-order valence-corrected chi connectivity index (χ1v) is 15.8. The molecule has 2 aromatic carbocycles. The molecule has 1 saturated carbocycles. The van der Waals surface area contributed by atoms with Gasteiger partial charge in [-0.3, -0.25) is 14.4 Å². The Bertz CT molecular complexity index is 1280. The minimum Gasteiger partial charge on any atom is -0.497 e. The summed E-state index contributed by atoms with van der Waals surface area (Å²) in [5.74, 6) is 0.733. The first kappa shape index (κ1) is 30.9. The van der Waals surface area contributed by atoms with Gasteiger partial charge in [-0.25, -0.2) is 0 Å². The van der Waals surface area contributed by atoms with Crippen LogP contribution in [0.15, 0.2) is 48.5 Å². The van der Waals surface area contributed by atoms with Crippen LogP contribution in [0.3, 0.4) is 0 Å². The number of likely N-dealkylation sites (N-methyl/N-ethyl adjacent to an activating group) is 1. The Morgan fingerprint density at radius 1 is 0.953 bits per heavy atom. The molecule has 1 aliphatic heterocycles. The minimum absolute atomic E-state index is 0.0292. The van der Waals surface area contributed by atoms with E-state index in [1.807, 2.05) is 36.4 Å². The van der Waals surface area contributed by atoms with Crippen molar-refractivity contribution in [2.24, 2.45) is 5.92 Å². The first-order chi connectivity index (χ1) is 20.9. The van der Waals surface area contributed by atoms with E-state index >= 15 is 0 Å². The lowest BCUT2D eigenvalue weighted by Crippen LogP contribution is -2.58. The molecule has 3 aliphatic rings. The Kier molecular flexibility index (Phi) is 10.2. The van der Waals surface area contributed by atoms with Crippen LogP contribution < -0.4 is 25.4 Å². The monoisotopic (exact) mass is 590 g/mol. The van der Waals surface area contributed by atoms with E-state index in [2.05, 4.69) is 28.1 Å². The summed E-state index contributed by atoms with van der Waals surface area (Å²) in [6.45, 7) is 2.04. The molecule has 2 fully saturated rings. The summed E-state index contributed by atoms with van der Waals surface area (Å²) in [6.07, 6.45) is 7.76. The topological polar surface area (TPSA) is 109 Å². The SMILES string of the molecule is CN[C@@H](C)C(=O)N[C@H](C(=O)N1CC(Oc2cccc(OC)c2)C[C@H]1C(=O)N[C@H]1CCCc2ccccc21)C1CCCCC1. The van der Waals surface area contributed by atoms with Gasteiger partial charge in [0.15, 0.2) is 0 Å². The van der Waals surface area contributed by atoms with Crippen LogP contribution in [0.2, 0.25) is 0 Å². The number of carbonyl (C=O) groups excluding carboxylic acids is 3. The molecular weight excluding hydrogens is 544 g/mol. The van der Waals surface area contributed by atoms with Crippen LogP contribution in [0.5, 0.6) is 11.5 Å². The number of hydrogen-bond acceptors (Lipinski definition) is 6. The third kappa shape index (κ3) is 7.32. The molecule has 232 valence electrons. The second-order valence-electron chi connectivity index (χ2n) is 12.2. The van der Waals surface area contributed by atoms with Crippen molar-refractivity contribution in [1.29, 1.82) is 0 Å². The van der Waals surface area contributed by atoms with Gasteiger partial charge in [-0.1, -0.05) is 49.6 Å². The van der Waals surface area contributed by atoms with E-state index in [0.717, 1.165) is 56.9 Å². The van der Waals surface area contributed by atoms with Crippen LogP contribution in [-0.2, 0) is 20.8 Å². The van der Waals surface area contributed by atoms with Crippen molar-refractivity contribution in [2.45, 2.75) is 95.0 Å². The molecule has 9 nitrogen and oxygen atoms in total. The number of carbonyl (C=O) groups is 3. The van der Waals surface area contributed by atoms with Gasteiger partial charge in [-0.05, 0) is 75.3 Å². The number of aryl methyl sites for hydroxylation is 1. The van der Waals surface area contributed by atoms with Crippen molar-refractivity contribution in [3.63, 3.8) is 0 Å². The van der Waals surface area contributed by atoms with Crippen LogP contribution >= 0.6 is 0 Å². The number of nitrogens with one attached hydrogen (secondary N) is 3. The highest BCUT2D eigenvalue weighted by molar-refractivity contribution is 5.94. The molecule has 1 unspecified atom stereocenters. The average molecular weight is 591 g/mol. The molecule has 0 aromatic heterocycles. The van der Waals surface area contributed by atoms with E-state index in [4.69, 9.17) is 9.47 Å². The molecule has 3 amide bonds. The maximum Gasteiger partial charge on any atom is 0.246 e. The lowest BCUT2D eigenvalue weighted by molar-refractivity contribution is -0.143. The quantitative estimate of drug-likeness (QED) is 0.387. The Balaban J connectivity index is 1.40. The maximum atomic E-state index is 14.4. The summed E-state index contributed by atoms with van der Waals surface area (Å²) in [5.41, 5.74) is 2.41. The van der Waals surface area contributed by atoms with E-state index < -0.39 is 18.1 Å². The zero-order valence-electron chi connectivity index (χ0n) is 25.6. The van der Waals surface area contributed by atoms with Crippen molar-refractivity contribution < 1.29 is 23.9 Å². The smallest absolute Gasteiger partial charge is 0.246 e. The molecule has 5 rings (SSSR count). The van der Waals surface area contributed by atoms with Crippen LogP contribution in [0.4, 0.5) is 0 Å². The van der Waals surface area contributed by atoms with Crippen LogP contribution in [0, 0.1) is 5.92 Å². The summed E-state index contributed by atoms with van der Waals surface area (Å²) in [6, 6.07) is 13.7. The van der Waals surface area contributed by atoms with E-state index in [9.17, 15) is 14.4 Å². The van der Waals surface area contributed by atoms with Crippen molar-refractivity contribution in [3.8, 4) is 11.5 Å².